The number of amides is 1. The van der Waals surface area contributed by atoms with Gasteiger partial charge in [-0.1, -0.05) is 17.7 Å². The Morgan fingerprint density at radius 3 is 2.81 bits per heavy atom. The number of hydrogen-bond donors (Lipinski definition) is 1. The molecule has 1 amide bonds. The van der Waals surface area contributed by atoms with Crippen molar-refractivity contribution in [2.45, 2.75) is 45.8 Å². The van der Waals surface area contributed by atoms with Gasteiger partial charge in [0.2, 0.25) is 0 Å². The monoisotopic (exact) mass is 378 g/mol. The van der Waals surface area contributed by atoms with E-state index in [1.54, 1.807) is 12.1 Å². The largest absolute Gasteiger partial charge is 0.485 e. The summed E-state index contributed by atoms with van der Waals surface area (Å²) < 4.78 is 11.5. The fourth-order valence-electron chi connectivity index (χ4n) is 3.34. The Labute approximate surface area is 160 Å². The number of rotatable bonds is 5. The van der Waals surface area contributed by atoms with Crippen LogP contribution in [0.5, 0.6) is 5.75 Å². The van der Waals surface area contributed by atoms with Crippen LogP contribution in [0.25, 0.3) is 0 Å². The zero-order chi connectivity index (χ0) is 17.8. The maximum absolute atomic E-state index is 12.7. The summed E-state index contributed by atoms with van der Waals surface area (Å²) in [6.45, 7) is 5.61. The molecule has 1 aliphatic heterocycles. The molecule has 5 nitrogen and oxygen atoms in total. The van der Waals surface area contributed by atoms with E-state index >= 15 is 0 Å². The van der Waals surface area contributed by atoms with Crippen molar-refractivity contribution in [2.75, 3.05) is 13.1 Å². The molecule has 1 aromatic carbocycles. The summed E-state index contributed by atoms with van der Waals surface area (Å²) in [6.07, 6.45) is 3.11. The zero-order valence-electron chi connectivity index (χ0n) is 15.4. The lowest BCUT2D eigenvalue weighted by molar-refractivity contribution is 0.0587. The molecule has 1 aliphatic rings. The standard InChI is InChI=1S/C20H26N2O3.ClH/c1-14-6-8-18(15(2)11-14)24-13-17-7-9-19(25-17)20(23)22-10-4-3-5-16(22)12-21;/h6-9,11,16H,3-5,10,12-13,21H2,1-2H3;1H. The number of piperidine rings is 1. The van der Waals surface area contributed by atoms with Crippen LogP contribution in [0.4, 0.5) is 0 Å². The number of likely N-dealkylation sites (tertiary alicyclic amines) is 1. The minimum atomic E-state index is -0.0760. The number of aryl methyl sites for hydroxylation is 2. The molecule has 1 atom stereocenters. The molecular weight excluding hydrogens is 352 g/mol. The van der Waals surface area contributed by atoms with Gasteiger partial charge in [-0.3, -0.25) is 4.79 Å². The van der Waals surface area contributed by atoms with Crippen LogP contribution in [0.2, 0.25) is 0 Å². The maximum Gasteiger partial charge on any atom is 0.289 e. The van der Waals surface area contributed by atoms with E-state index in [1.807, 2.05) is 24.0 Å². The highest BCUT2D eigenvalue weighted by molar-refractivity contribution is 5.91. The van der Waals surface area contributed by atoms with Gasteiger partial charge in [0.15, 0.2) is 5.76 Å². The number of ether oxygens (including phenoxy) is 1. The van der Waals surface area contributed by atoms with Gasteiger partial charge in [0.25, 0.3) is 5.91 Å². The van der Waals surface area contributed by atoms with Crippen LogP contribution in [0, 0.1) is 13.8 Å². The van der Waals surface area contributed by atoms with Crippen molar-refractivity contribution < 1.29 is 13.9 Å². The van der Waals surface area contributed by atoms with E-state index in [0.717, 1.165) is 37.1 Å². The van der Waals surface area contributed by atoms with Crippen LogP contribution < -0.4 is 10.5 Å². The van der Waals surface area contributed by atoms with Gasteiger partial charge in [-0.25, -0.2) is 0 Å². The molecule has 26 heavy (non-hydrogen) atoms. The summed E-state index contributed by atoms with van der Waals surface area (Å²) >= 11 is 0. The van der Waals surface area contributed by atoms with Crippen LogP contribution in [0.3, 0.4) is 0 Å². The number of benzene rings is 1. The fraction of sp³-hybridized carbons (Fsp3) is 0.450. The van der Waals surface area contributed by atoms with E-state index in [9.17, 15) is 4.79 Å². The molecule has 2 aromatic rings. The molecule has 1 saturated heterocycles. The van der Waals surface area contributed by atoms with Crippen LogP contribution in [0.1, 0.15) is 46.7 Å². The van der Waals surface area contributed by atoms with Gasteiger partial charge in [-0.2, -0.15) is 0 Å². The number of carbonyl (C=O) groups is 1. The minimum Gasteiger partial charge on any atom is -0.485 e. The molecule has 0 saturated carbocycles. The van der Waals surface area contributed by atoms with Gasteiger partial charge in [0.05, 0.1) is 0 Å². The molecule has 0 bridgehead atoms. The summed E-state index contributed by atoms with van der Waals surface area (Å²) in [6, 6.07) is 9.70. The minimum absolute atomic E-state index is 0. The molecule has 2 N–H and O–H groups in total. The highest BCUT2D eigenvalue weighted by Gasteiger charge is 2.28. The average molecular weight is 379 g/mol. The van der Waals surface area contributed by atoms with Crippen molar-refractivity contribution in [3.05, 3.63) is 53.0 Å². The van der Waals surface area contributed by atoms with E-state index in [-0.39, 0.29) is 24.4 Å². The molecule has 1 aromatic heterocycles. The number of nitrogens with zero attached hydrogens (tertiary/aromatic N) is 1. The smallest absolute Gasteiger partial charge is 0.289 e. The normalized spacial score (nSPS) is 16.9. The molecule has 1 unspecified atom stereocenters. The Morgan fingerprint density at radius 1 is 1.27 bits per heavy atom. The van der Waals surface area contributed by atoms with E-state index in [1.165, 1.54) is 5.56 Å². The first-order valence-corrected chi connectivity index (χ1v) is 8.88. The third-order valence-electron chi connectivity index (χ3n) is 4.73. The predicted molar refractivity (Wildman–Crippen MR) is 104 cm³/mol. The molecule has 0 aliphatic carbocycles. The third kappa shape index (κ3) is 4.59. The van der Waals surface area contributed by atoms with Crippen LogP contribution in [0.15, 0.2) is 34.7 Å². The highest BCUT2D eigenvalue weighted by Crippen LogP contribution is 2.22. The molecule has 1 fully saturated rings. The Bertz CT molecular complexity index is 744. The fourth-order valence-corrected chi connectivity index (χ4v) is 3.34. The van der Waals surface area contributed by atoms with Crippen molar-refractivity contribution in [1.29, 1.82) is 0 Å². The lowest BCUT2D eigenvalue weighted by Crippen LogP contribution is -2.47. The average Bonchev–Trinajstić information content (AvgIpc) is 3.09. The van der Waals surface area contributed by atoms with Crippen LogP contribution in [-0.2, 0) is 6.61 Å². The topological polar surface area (TPSA) is 68.7 Å². The Morgan fingerprint density at radius 2 is 2.08 bits per heavy atom. The molecule has 142 valence electrons. The maximum atomic E-state index is 12.7. The zero-order valence-corrected chi connectivity index (χ0v) is 16.2. The number of carbonyl (C=O) groups excluding carboxylic acids is 1. The summed E-state index contributed by atoms with van der Waals surface area (Å²) in [5.41, 5.74) is 8.09. The van der Waals surface area contributed by atoms with E-state index in [2.05, 4.69) is 13.0 Å². The first-order chi connectivity index (χ1) is 12.1. The number of halogens is 1. The lowest BCUT2D eigenvalue weighted by atomic mass is 10.0. The van der Waals surface area contributed by atoms with Crippen LogP contribution >= 0.6 is 12.4 Å². The Balaban J connectivity index is 0.00000243. The predicted octanol–water partition coefficient (Wildman–Crippen LogP) is 3.85. The quantitative estimate of drug-likeness (QED) is 0.857. The Kier molecular flexibility index (Phi) is 7.12. The van der Waals surface area contributed by atoms with Crippen molar-refractivity contribution in [3.63, 3.8) is 0 Å². The van der Waals surface area contributed by atoms with Gasteiger partial charge < -0.3 is 19.8 Å². The number of hydrogen-bond acceptors (Lipinski definition) is 4. The Hall–Kier alpha value is -1.98. The summed E-state index contributed by atoms with van der Waals surface area (Å²) in [5, 5.41) is 0. The van der Waals surface area contributed by atoms with Crippen molar-refractivity contribution in [2.24, 2.45) is 5.73 Å². The first kappa shape index (κ1) is 20.3. The summed E-state index contributed by atoms with van der Waals surface area (Å²) in [7, 11) is 0. The van der Waals surface area contributed by atoms with Gasteiger partial charge in [-0.05, 0) is 56.9 Å². The SMILES string of the molecule is Cc1ccc(OCc2ccc(C(=O)N3CCCCC3CN)o2)c(C)c1.Cl. The van der Waals surface area contributed by atoms with Gasteiger partial charge in [0, 0.05) is 19.1 Å². The number of nitrogens with two attached hydrogens (primary N) is 1. The van der Waals surface area contributed by atoms with Crippen LogP contribution in [-0.4, -0.2) is 29.9 Å². The molecule has 2 heterocycles. The second-order valence-corrected chi connectivity index (χ2v) is 6.71. The van der Waals surface area contributed by atoms with Crippen molar-refractivity contribution in [3.8, 4) is 5.75 Å². The van der Waals surface area contributed by atoms with Gasteiger partial charge >= 0.3 is 0 Å². The molecule has 0 radical (unpaired) electrons. The van der Waals surface area contributed by atoms with Crippen molar-refractivity contribution in [1.82, 2.24) is 4.90 Å². The molecule has 3 rings (SSSR count). The van der Waals surface area contributed by atoms with E-state index in [4.69, 9.17) is 14.9 Å². The van der Waals surface area contributed by atoms with E-state index in [0.29, 0.717) is 24.7 Å². The second kappa shape index (κ2) is 9.10. The lowest BCUT2D eigenvalue weighted by Gasteiger charge is -2.34. The highest BCUT2D eigenvalue weighted by atomic mass is 35.5. The first-order valence-electron chi connectivity index (χ1n) is 8.88. The van der Waals surface area contributed by atoms with Gasteiger partial charge in [0.1, 0.15) is 18.1 Å². The summed E-state index contributed by atoms with van der Waals surface area (Å²) in [4.78, 5) is 14.5. The summed E-state index contributed by atoms with van der Waals surface area (Å²) in [5.74, 6) is 1.76. The number of furan rings is 1. The van der Waals surface area contributed by atoms with Crippen molar-refractivity contribution >= 4 is 18.3 Å². The second-order valence-electron chi connectivity index (χ2n) is 6.71. The third-order valence-corrected chi connectivity index (χ3v) is 4.73. The van der Waals surface area contributed by atoms with Gasteiger partial charge in [-0.15, -0.1) is 12.4 Å². The molecule has 6 heteroatoms. The van der Waals surface area contributed by atoms with E-state index < -0.39 is 0 Å². The molecular formula is C20H27ClN2O3. The molecule has 0 spiro atoms.